The predicted octanol–water partition coefficient (Wildman–Crippen LogP) is 0.589. The Hall–Kier alpha value is -2.48. The number of hydrogen-bond donors (Lipinski definition) is 3. The highest BCUT2D eigenvalue weighted by Crippen LogP contribution is 2.43. The van der Waals surface area contributed by atoms with Gasteiger partial charge in [0, 0.05) is 38.4 Å². The maximum absolute atomic E-state index is 13.7. The largest absolute Gasteiger partial charge is 0.340 e. The maximum Gasteiger partial charge on any atom is 0.340 e. The zero-order valence-corrected chi connectivity index (χ0v) is 13.7. The van der Waals surface area contributed by atoms with Gasteiger partial charge in [0.1, 0.15) is 11.6 Å². The third kappa shape index (κ3) is 3.09. The minimum absolute atomic E-state index is 0.00695. The third-order valence-electron chi connectivity index (χ3n) is 5.20. The highest BCUT2D eigenvalue weighted by Gasteiger charge is 2.46. The molecule has 0 bridgehead atoms. The molecular formula is C17H20FN5O2. The van der Waals surface area contributed by atoms with Crippen molar-refractivity contribution < 1.29 is 9.18 Å². The molecule has 4 rings (SSSR count). The van der Waals surface area contributed by atoms with Gasteiger partial charge in [-0.25, -0.2) is 14.3 Å². The lowest BCUT2D eigenvalue weighted by Gasteiger charge is -2.28. The molecule has 7 nitrogen and oxygen atoms in total. The van der Waals surface area contributed by atoms with Crippen LogP contribution in [-0.2, 0) is 11.2 Å². The van der Waals surface area contributed by atoms with E-state index in [1.165, 1.54) is 12.1 Å². The molecule has 3 heterocycles. The van der Waals surface area contributed by atoms with E-state index in [0.29, 0.717) is 30.6 Å². The average Bonchev–Trinajstić information content (AvgIpc) is 3.27. The number of amides is 1. The fraction of sp³-hybridized carbons (Fsp3) is 0.471. The molecule has 0 spiro atoms. The molecule has 1 amide bonds. The van der Waals surface area contributed by atoms with Crippen LogP contribution in [0, 0.1) is 17.7 Å². The van der Waals surface area contributed by atoms with Crippen molar-refractivity contribution in [2.75, 3.05) is 19.6 Å². The van der Waals surface area contributed by atoms with Gasteiger partial charge in [-0.05, 0) is 23.6 Å². The van der Waals surface area contributed by atoms with Crippen molar-refractivity contribution in [1.29, 1.82) is 0 Å². The number of aromatic amines is 2. The van der Waals surface area contributed by atoms with Crippen molar-refractivity contribution >= 4 is 5.91 Å². The number of carbonyl (C=O) groups is 1. The van der Waals surface area contributed by atoms with Crippen LogP contribution in [0.3, 0.4) is 0 Å². The highest BCUT2D eigenvalue weighted by molar-refractivity contribution is 5.77. The molecule has 0 aliphatic carbocycles. The number of aryl methyl sites for hydroxylation is 1. The monoisotopic (exact) mass is 345 g/mol. The lowest BCUT2D eigenvalue weighted by atomic mass is 9.89. The summed E-state index contributed by atoms with van der Waals surface area (Å²) in [6, 6.07) is 6.42. The molecule has 2 aliphatic rings. The quantitative estimate of drug-likeness (QED) is 0.756. The minimum Gasteiger partial charge on any atom is -0.335 e. The molecule has 0 saturated carbocycles. The molecule has 0 unspecified atom stereocenters. The molecule has 25 heavy (non-hydrogen) atoms. The number of carbonyl (C=O) groups excluding carboxylic acids is 1. The normalized spacial score (nSPS) is 25.3. The van der Waals surface area contributed by atoms with Gasteiger partial charge in [0.05, 0.1) is 6.04 Å². The molecule has 8 heteroatoms. The van der Waals surface area contributed by atoms with Crippen LogP contribution in [0.2, 0.25) is 0 Å². The van der Waals surface area contributed by atoms with Gasteiger partial charge in [0.2, 0.25) is 5.91 Å². The van der Waals surface area contributed by atoms with E-state index in [9.17, 15) is 14.0 Å². The summed E-state index contributed by atoms with van der Waals surface area (Å²) >= 11 is 0. The van der Waals surface area contributed by atoms with Gasteiger partial charge in [0.25, 0.3) is 0 Å². The number of likely N-dealkylation sites (tertiary alicyclic amines) is 1. The summed E-state index contributed by atoms with van der Waals surface area (Å²) in [6.45, 7) is 2.39. The number of benzene rings is 1. The van der Waals surface area contributed by atoms with E-state index in [0.717, 1.165) is 18.7 Å². The third-order valence-corrected chi connectivity index (χ3v) is 5.20. The van der Waals surface area contributed by atoms with Crippen molar-refractivity contribution in [3.8, 4) is 0 Å². The van der Waals surface area contributed by atoms with E-state index in [-0.39, 0.29) is 29.9 Å². The van der Waals surface area contributed by atoms with Gasteiger partial charge in [-0.1, -0.05) is 12.1 Å². The maximum atomic E-state index is 13.7. The van der Waals surface area contributed by atoms with Crippen LogP contribution in [0.5, 0.6) is 0 Å². The molecule has 2 aliphatic heterocycles. The zero-order valence-electron chi connectivity index (χ0n) is 13.7. The predicted molar refractivity (Wildman–Crippen MR) is 88.2 cm³/mol. The van der Waals surface area contributed by atoms with Gasteiger partial charge in [-0.3, -0.25) is 9.78 Å². The molecule has 0 radical (unpaired) electrons. The number of H-pyrrole nitrogens is 2. The summed E-state index contributed by atoms with van der Waals surface area (Å²) < 4.78 is 13.7. The summed E-state index contributed by atoms with van der Waals surface area (Å²) in [4.78, 5) is 28.3. The Balaban J connectivity index is 1.54. The summed E-state index contributed by atoms with van der Waals surface area (Å²) in [5.74, 6) is 0.890. The summed E-state index contributed by atoms with van der Waals surface area (Å²) in [7, 11) is 0. The van der Waals surface area contributed by atoms with Crippen LogP contribution in [-0.4, -0.2) is 45.6 Å². The number of hydrogen-bond acceptors (Lipinski definition) is 4. The number of aromatic nitrogens is 3. The first-order valence-corrected chi connectivity index (χ1v) is 8.51. The van der Waals surface area contributed by atoms with Gasteiger partial charge in [0.15, 0.2) is 0 Å². The first-order valence-electron chi connectivity index (χ1n) is 8.51. The Morgan fingerprint density at radius 1 is 1.36 bits per heavy atom. The van der Waals surface area contributed by atoms with Crippen molar-refractivity contribution in [3.05, 3.63) is 52.0 Å². The SMILES string of the molecule is O=C(CCc1n[nH]c(=O)[nH]1)N1C[C@@H]2CNC[C@@H]2[C@H]1c1cccc(F)c1. The Bertz CT molecular complexity index is 832. The zero-order chi connectivity index (χ0) is 17.4. The highest BCUT2D eigenvalue weighted by atomic mass is 19.1. The van der Waals surface area contributed by atoms with E-state index in [1.807, 2.05) is 11.0 Å². The molecule has 2 fully saturated rings. The van der Waals surface area contributed by atoms with E-state index in [4.69, 9.17) is 0 Å². The Kier molecular flexibility index (Phi) is 4.12. The number of fused-ring (bicyclic) bond motifs is 1. The molecule has 1 aromatic heterocycles. The Labute approximate surface area is 143 Å². The average molecular weight is 345 g/mol. The second-order valence-corrected chi connectivity index (χ2v) is 6.75. The van der Waals surface area contributed by atoms with Crippen molar-refractivity contribution in [1.82, 2.24) is 25.4 Å². The van der Waals surface area contributed by atoms with Crippen LogP contribution in [0.1, 0.15) is 23.9 Å². The van der Waals surface area contributed by atoms with Crippen LogP contribution >= 0.6 is 0 Å². The van der Waals surface area contributed by atoms with Crippen LogP contribution < -0.4 is 11.0 Å². The summed E-state index contributed by atoms with van der Waals surface area (Å²) in [5.41, 5.74) is 0.472. The van der Waals surface area contributed by atoms with Gasteiger partial charge in [-0.15, -0.1) is 0 Å². The van der Waals surface area contributed by atoms with Crippen LogP contribution in [0.15, 0.2) is 29.1 Å². The Morgan fingerprint density at radius 3 is 3.00 bits per heavy atom. The van der Waals surface area contributed by atoms with Crippen molar-refractivity contribution in [2.45, 2.75) is 18.9 Å². The molecule has 2 saturated heterocycles. The van der Waals surface area contributed by atoms with Gasteiger partial charge >= 0.3 is 5.69 Å². The van der Waals surface area contributed by atoms with Gasteiger partial charge < -0.3 is 10.2 Å². The van der Waals surface area contributed by atoms with Crippen LogP contribution in [0.25, 0.3) is 0 Å². The fourth-order valence-corrected chi connectivity index (χ4v) is 4.09. The second kappa shape index (κ2) is 6.44. The lowest BCUT2D eigenvalue weighted by Crippen LogP contribution is -2.35. The lowest BCUT2D eigenvalue weighted by molar-refractivity contribution is -0.132. The van der Waals surface area contributed by atoms with E-state index < -0.39 is 0 Å². The van der Waals surface area contributed by atoms with E-state index in [2.05, 4.69) is 20.5 Å². The first kappa shape index (κ1) is 16.0. The summed E-state index contributed by atoms with van der Waals surface area (Å²) in [6.07, 6.45) is 0.636. The molecule has 132 valence electrons. The van der Waals surface area contributed by atoms with E-state index in [1.54, 1.807) is 6.07 Å². The molecule has 3 atom stereocenters. The first-order chi connectivity index (χ1) is 12.1. The standard InChI is InChI=1S/C17H20FN5O2/c18-12-3-1-2-10(6-12)16-13-8-19-7-11(13)9-23(16)15(24)5-4-14-20-17(25)22-21-14/h1-3,6,11,13,16,19H,4-5,7-9H2,(H2,20,21,22,25)/t11-,13-,16+/m0/s1. The Morgan fingerprint density at radius 2 is 2.24 bits per heavy atom. The fourth-order valence-electron chi connectivity index (χ4n) is 4.09. The second-order valence-electron chi connectivity index (χ2n) is 6.75. The number of rotatable bonds is 4. The molecule has 2 aromatic rings. The van der Waals surface area contributed by atoms with Crippen LogP contribution in [0.4, 0.5) is 4.39 Å². The number of nitrogens with zero attached hydrogens (tertiary/aromatic N) is 2. The summed E-state index contributed by atoms with van der Waals surface area (Å²) in [5, 5.41) is 9.51. The molecule has 1 aromatic carbocycles. The smallest absolute Gasteiger partial charge is 0.335 e. The topological polar surface area (TPSA) is 93.9 Å². The van der Waals surface area contributed by atoms with Gasteiger partial charge in [-0.2, -0.15) is 5.10 Å². The number of halogens is 1. The van der Waals surface area contributed by atoms with Crippen molar-refractivity contribution in [2.24, 2.45) is 11.8 Å². The number of nitrogens with one attached hydrogen (secondary N) is 3. The molecular weight excluding hydrogens is 325 g/mol. The van der Waals surface area contributed by atoms with Crippen molar-refractivity contribution in [3.63, 3.8) is 0 Å². The molecule has 3 N–H and O–H groups in total. The minimum atomic E-state index is -0.373. The van der Waals surface area contributed by atoms with E-state index >= 15 is 0 Å².